The maximum absolute atomic E-state index is 13.5. The first-order valence-corrected chi connectivity index (χ1v) is 7.65. The Labute approximate surface area is 139 Å². The van der Waals surface area contributed by atoms with Crippen LogP contribution in [0.15, 0.2) is 53.1 Å². The number of aliphatic hydroxyl groups excluding tert-OH is 1. The maximum atomic E-state index is 13.5. The monoisotopic (exact) mass is 332 g/mol. The lowest BCUT2D eigenvalue weighted by Gasteiger charge is -2.06. The van der Waals surface area contributed by atoms with Crippen LogP contribution in [0.25, 0.3) is 16.7 Å². The van der Waals surface area contributed by atoms with E-state index < -0.39 is 0 Å². The zero-order chi connectivity index (χ0) is 17.7. The summed E-state index contributed by atoms with van der Waals surface area (Å²) in [7, 11) is 1.61. The third-order valence-electron chi connectivity index (χ3n) is 3.63. The second-order valence-electron chi connectivity index (χ2n) is 5.12. The maximum Gasteiger partial charge on any atom is 0.333 e. The molecule has 2 rings (SSSR count). The SMILES string of the molecule is C\C=C(/C=C\C(=C/C)n1c(=O)n(C)c2cc(F)ccc21)OCCO. The van der Waals surface area contributed by atoms with Crippen molar-refractivity contribution in [2.75, 3.05) is 13.2 Å². The molecule has 1 heterocycles. The Kier molecular flexibility index (Phi) is 5.76. The lowest BCUT2D eigenvalue weighted by Crippen LogP contribution is -2.21. The first kappa shape index (κ1) is 17.7. The first-order valence-electron chi connectivity index (χ1n) is 7.65. The minimum absolute atomic E-state index is 0.0734. The number of ether oxygens (including phenoxy) is 1. The van der Waals surface area contributed by atoms with Gasteiger partial charge in [-0.25, -0.2) is 9.18 Å². The van der Waals surface area contributed by atoms with Gasteiger partial charge in [0.25, 0.3) is 0 Å². The van der Waals surface area contributed by atoms with Crippen LogP contribution in [-0.2, 0) is 11.8 Å². The number of nitrogens with zero attached hydrogens (tertiary/aromatic N) is 2. The smallest absolute Gasteiger partial charge is 0.333 e. The zero-order valence-electron chi connectivity index (χ0n) is 14.0. The summed E-state index contributed by atoms with van der Waals surface area (Å²) in [5, 5.41) is 8.83. The molecule has 0 atom stereocenters. The predicted molar refractivity (Wildman–Crippen MR) is 93.0 cm³/mol. The number of aryl methyl sites for hydroxylation is 1. The summed E-state index contributed by atoms with van der Waals surface area (Å²) >= 11 is 0. The Morgan fingerprint density at radius 2 is 2.00 bits per heavy atom. The van der Waals surface area contributed by atoms with Crippen molar-refractivity contribution in [1.29, 1.82) is 0 Å². The van der Waals surface area contributed by atoms with Gasteiger partial charge in [-0.1, -0.05) is 6.08 Å². The standard InChI is InChI=1S/C18H21FN2O3/c1-4-14(7-8-15(5-2)24-11-10-22)21-16-9-6-13(19)12-17(16)20(3)18(21)23/h4-9,12,22H,10-11H2,1-3H3/b8-7-,14-4+,15-5+. The van der Waals surface area contributed by atoms with Crippen molar-refractivity contribution in [3.05, 3.63) is 64.6 Å². The highest BCUT2D eigenvalue weighted by Gasteiger charge is 2.13. The molecule has 128 valence electrons. The molecule has 0 unspecified atom stereocenters. The summed E-state index contributed by atoms with van der Waals surface area (Å²) in [5.41, 5.74) is 1.53. The van der Waals surface area contributed by atoms with Gasteiger partial charge in [-0.15, -0.1) is 0 Å². The number of aliphatic hydroxyl groups is 1. The molecule has 0 amide bonds. The number of benzene rings is 1. The van der Waals surface area contributed by atoms with E-state index in [1.165, 1.54) is 21.3 Å². The molecule has 0 aliphatic heterocycles. The second-order valence-corrected chi connectivity index (χ2v) is 5.12. The highest BCUT2D eigenvalue weighted by Crippen LogP contribution is 2.18. The van der Waals surface area contributed by atoms with E-state index >= 15 is 0 Å². The van der Waals surface area contributed by atoms with Crippen LogP contribution in [0, 0.1) is 5.82 Å². The van der Waals surface area contributed by atoms with Crippen LogP contribution in [0.2, 0.25) is 0 Å². The Morgan fingerprint density at radius 1 is 1.25 bits per heavy atom. The van der Waals surface area contributed by atoms with E-state index in [4.69, 9.17) is 9.84 Å². The van der Waals surface area contributed by atoms with E-state index in [0.717, 1.165) is 0 Å². The van der Waals surface area contributed by atoms with E-state index in [9.17, 15) is 9.18 Å². The number of hydrogen-bond donors (Lipinski definition) is 1. The molecule has 1 N–H and O–H groups in total. The molecule has 1 aromatic carbocycles. The number of fused-ring (bicyclic) bond motifs is 1. The quantitative estimate of drug-likeness (QED) is 0.654. The predicted octanol–water partition coefficient (Wildman–Crippen LogP) is 2.81. The van der Waals surface area contributed by atoms with E-state index in [0.29, 0.717) is 22.5 Å². The highest BCUT2D eigenvalue weighted by atomic mass is 19.1. The number of halogens is 1. The summed E-state index contributed by atoms with van der Waals surface area (Å²) in [6, 6.07) is 4.26. The van der Waals surface area contributed by atoms with Crippen molar-refractivity contribution < 1.29 is 14.2 Å². The van der Waals surface area contributed by atoms with Gasteiger partial charge < -0.3 is 9.84 Å². The molecule has 2 aromatic rings. The van der Waals surface area contributed by atoms with E-state index in [-0.39, 0.29) is 24.7 Å². The number of hydrogen-bond acceptors (Lipinski definition) is 3. The van der Waals surface area contributed by atoms with Gasteiger partial charge in [0.15, 0.2) is 0 Å². The highest BCUT2D eigenvalue weighted by molar-refractivity contribution is 5.81. The Morgan fingerprint density at radius 3 is 2.62 bits per heavy atom. The lowest BCUT2D eigenvalue weighted by atomic mass is 10.2. The van der Waals surface area contributed by atoms with Crippen LogP contribution in [0.4, 0.5) is 4.39 Å². The lowest BCUT2D eigenvalue weighted by molar-refractivity contribution is 0.152. The molecular weight excluding hydrogens is 311 g/mol. The topological polar surface area (TPSA) is 56.4 Å². The van der Waals surface area contributed by atoms with Gasteiger partial charge in [-0.2, -0.15) is 0 Å². The molecule has 0 radical (unpaired) electrons. The van der Waals surface area contributed by atoms with E-state index in [2.05, 4.69) is 0 Å². The Balaban J connectivity index is 2.48. The van der Waals surface area contributed by atoms with Crippen molar-refractivity contribution in [3.8, 4) is 0 Å². The van der Waals surface area contributed by atoms with Crippen molar-refractivity contribution in [2.45, 2.75) is 13.8 Å². The summed E-state index contributed by atoms with van der Waals surface area (Å²) < 4.78 is 21.8. The number of imidazole rings is 1. The van der Waals surface area contributed by atoms with Crippen molar-refractivity contribution >= 4 is 16.7 Å². The van der Waals surface area contributed by atoms with E-state index in [1.807, 2.05) is 13.8 Å². The number of allylic oxidation sites excluding steroid dienone is 5. The second kappa shape index (κ2) is 7.79. The van der Waals surface area contributed by atoms with Gasteiger partial charge in [0.2, 0.25) is 0 Å². The van der Waals surface area contributed by atoms with E-state index in [1.54, 1.807) is 37.4 Å². The molecule has 24 heavy (non-hydrogen) atoms. The summed E-state index contributed by atoms with van der Waals surface area (Å²) in [5.74, 6) is 0.198. The zero-order valence-corrected chi connectivity index (χ0v) is 14.0. The van der Waals surface area contributed by atoms with Crippen LogP contribution >= 0.6 is 0 Å². The minimum Gasteiger partial charge on any atom is -0.492 e. The Hall–Kier alpha value is -2.60. The molecule has 0 saturated carbocycles. The summed E-state index contributed by atoms with van der Waals surface area (Å²) in [4.78, 5) is 12.5. The van der Waals surface area contributed by atoms with Crippen LogP contribution in [-0.4, -0.2) is 27.5 Å². The number of aromatic nitrogens is 2. The van der Waals surface area contributed by atoms with Gasteiger partial charge in [-0.05, 0) is 50.3 Å². The minimum atomic E-state index is -0.388. The third kappa shape index (κ3) is 3.49. The van der Waals surface area contributed by atoms with Crippen LogP contribution in [0.5, 0.6) is 0 Å². The molecule has 6 heteroatoms. The Bertz CT molecular complexity index is 872. The van der Waals surface area contributed by atoms with Crippen molar-refractivity contribution in [3.63, 3.8) is 0 Å². The van der Waals surface area contributed by atoms with Crippen LogP contribution in [0.3, 0.4) is 0 Å². The average molecular weight is 332 g/mol. The molecule has 5 nitrogen and oxygen atoms in total. The van der Waals surface area contributed by atoms with Gasteiger partial charge >= 0.3 is 5.69 Å². The fourth-order valence-corrected chi connectivity index (χ4v) is 2.42. The molecule has 0 saturated heterocycles. The summed E-state index contributed by atoms with van der Waals surface area (Å²) in [6.45, 7) is 3.76. The number of rotatable bonds is 6. The third-order valence-corrected chi connectivity index (χ3v) is 3.63. The van der Waals surface area contributed by atoms with Gasteiger partial charge in [0, 0.05) is 12.7 Å². The van der Waals surface area contributed by atoms with Gasteiger partial charge in [-0.3, -0.25) is 9.13 Å². The van der Waals surface area contributed by atoms with Crippen molar-refractivity contribution in [1.82, 2.24) is 9.13 Å². The van der Waals surface area contributed by atoms with Crippen LogP contribution < -0.4 is 5.69 Å². The van der Waals surface area contributed by atoms with Crippen molar-refractivity contribution in [2.24, 2.45) is 7.05 Å². The molecule has 1 aromatic heterocycles. The van der Waals surface area contributed by atoms with Gasteiger partial charge in [0.1, 0.15) is 18.2 Å². The molecule has 0 fully saturated rings. The molecule has 0 aliphatic rings. The largest absolute Gasteiger partial charge is 0.492 e. The molecule has 0 spiro atoms. The normalized spacial score (nSPS) is 13.2. The van der Waals surface area contributed by atoms with Gasteiger partial charge in [0.05, 0.1) is 17.6 Å². The molecular formula is C18H21FN2O3. The fourth-order valence-electron chi connectivity index (χ4n) is 2.42. The molecule has 0 bridgehead atoms. The average Bonchev–Trinajstić information content (AvgIpc) is 2.83. The fraction of sp³-hybridized carbons (Fsp3) is 0.278. The molecule has 0 aliphatic carbocycles. The first-order chi connectivity index (χ1) is 11.5. The van der Waals surface area contributed by atoms with Crippen LogP contribution in [0.1, 0.15) is 13.8 Å². The summed E-state index contributed by atoms with van der Waals surface area (Å²) in [6.07, 6.45) is 7.03.